The van der Waals surface area contributed by atoms with Crippen molar-refractivity contribution in [3.05, 3.63) is 42.2 Å². The van der Waals surface area contributed by atoms with Gasteiger partial charge in [0.15, 0.2) is 12.1 Å². The predicted molar refractivity (Wildman–Crippen MR) is 192 cm³/mol. The number of halogens is 1. The standard InChI is InChI=1S/C40H57FN2O9/c1-12-30-40(9)31(24(3)22-49-40)26(5)32(44)23(2)20-38(7,48-18-14-16-28-15-13-17-42-21-28)35(27(6)34(46)39(8,41)37(47)51-30)52-36-33(45)29(43(10)11)19-25(4)50-36/h13,15,17,21,23,25-27,29-31,33,35-36,45H,3,12,18-20,22H2,1-2,4-11H3/t23-,25-,26?,27+,29+,30-,31+,33-,35-,36+,38-,39?,40-/m1/s1. The number of ether oxygens (including phenoxy) is 5. The highest BCUT2D eigenvalue weighted by molar-refractivity contribution is 6.07. The molecule has 3 aliphatic heterocycles. The summed E-state index contributed by atoms with van der Waals surface area (Å²) in [6.07, 6.45) is -1.07. The minimum Gasteiger partial charge on any atom is -0.457 e. The smallest absolute Gasteiger partial charge is 0.351 e. The lowest BCUT2D eigenvalue weighted by Crippen LogP contribution is -2.61. The number of aliphatic hydroxyl groups excluding tert-OH is 1. The molecule has 13 atom stereocenters. The lowest BCUT2D eigenvalue weighted by molar-refractivity contribution is -0.296. The molecule has 12 heteroatoms. The first-order valence-electron chi connectivity index (χ1n) is 18.3. The summed E-state index contributed by atoms with van der Waals surface area (Å²) in [6.45, 7) is 17.1. The van der Waals surface area contributed by atoms with Gasteiger partial charge in [0.05, 0.1) is 24.4 Å². The van der Waals surface area contributed by atoms with Crippen molar-refractivity contribution in [2.45, 2.75) is 128 Å². The molecule has 1 N–H and O–H groups in total. The second kappa shape index (κ2) is 16.5. The fourth-order valence-electron chi connectivity index (χ4n) is 8.43. The van der Waals surface area contributed by atoms with Crippen molar-refractivity contribution >= 4 is 17.5 Å². The molecule has 0 bridgehead atoms. The van der Waals surface area contributed by atoms with Gasteiger partial charge < -0.3 is 33.7 Å². The Hall–Kier alpha value is -3.05. The van der Waals surface area contributed by atoms with Crippen LogP contribution < -0.4 is 0 Å². The molecule has 0 radical (unpaired) electrons. The van der Waals surface area contributed by atoms with Crippen LogP contribution in [-0.2, 0) is 38.1 Å². The van der Waals surface area contributed by atoms with Crippen LogP contribution >= 0.6 is 0 Å². The molecule has 3 aliphatic rings. The largest absolute Gasteiger partial charge is 0.457 e. The zero-order chi connectivity index (χ0) is 38.8. The number of carbonyl (C=O) groups excluding carboxylic acids is 3. The number of carbonyl (C=O) groups is 3. The Kier molecular flexibility index (Phi) is 13.3. The minimum atomic E-state index is -3.11. The average Bonchev–Trinajstić information content (AvgIpc) is 3.41. The summed E-state index contributed by atoms with van der Waals surface area (Å²) in [7, 11) is 3.66. The highest BCUT2D eigenvalue weighted by Gasteiger charge is 2.58. The normalized spacial score (nSPS) is 40.8. The first kappa shape index (κ1) is 41.7. The molecule has 0 saturated carbocycles. The van der Waals surface area contributed by atoms with Gasteiger partial charge in [-0.3, -0.25) is 14.6 Å². The monoisotopic (exact) mass is 728 g/mol. The minimum absolute atomic E-state index is 0.0178. The van der Waals surface area contributed by atoms with E-state index < -0.39 is 76.9 Å². The SMILES string of the molecule is C=C1CO[C@]2(C)[C@@H](CC)OC(=O)C(C)(F)C(=O)[C@H](C)[C@@H](O[C@@H]3O[C@H](C)C[C@H](N(C)C)[C@H]3O)[C@](C)(OCC#Cc3cccnc3)C[C@@H](C)C(=O)C(C)[C@H]12. The number of hydrogen-bond acceptors (Lipinski definition) is 11. The molecule has 4 rings (SSSR count). The Bertz CT molecular complexity index is 1530. The Morgan fingerprint density at radius 3 is 2.44 bits per heavy atom. The number of fused-ring (bicyclic) bond motifs is 1. The lowest BCUT2D eigenvalue weighted by Gasteiger charge is -2.47. The Labute approximate surface area is 307 Å². The molecule has 11 nitrogen and oxygen atoms in total. The molecule has 52 heavy (non-hydrogen) atoms. The van der Waals surface area contributed by atoms with Gasteiger partial charge >= 0.3 is 5.97 Å². The van der Waals surface area contributed by atoms with Crippen LogP contribution in [0.15, 0.2) is 36.7 Å². The number of likely N-dealkylation sites (N-methyl/N-ethyl adjacent to an activating group) is 1. The molecule has 288 valence electrons. The van der Waals surface area contributed by atoms with Crippen molar-refractivity contribution in [3.63, 3.8) is 0 Å². The Morgan fingerprint density at radius 2 is 1.83 bits per heavy atom. The summed E-state index contributed by atoms with van der Waals surface area (Å²) in [5.74, 6) is 0.118. The molecule has 0 spiro atoms. The third kappa shape index (κ3) is 8.51. The molecule has 2 unspecified atom stereocenters. The van der Waals surface area contributed by atoms with Crippen LogP contribution in [0.3, 0.4) is 0 Å². The number of aliphatic hydroxyl groups is 1. The van der Waals surface area contributed by atoms with Crippen LogP contribution in [0.5, 0.6) is 0 Å². The molecule has 3 fully saturated rings. The van der Waals surface area contributed by atoms with Gasteiger partial charge in [-0.2, -0.15) is 0 Å². The van der Waals surface area contributed by atoms with Gasteiger partial charge in [0.25, 0.3) is 5.67 Å². The number of alkyl halides is 1. The fraction of sp³-hybridized carbons (Fsp3) is 0.700. The maximum Gasteiger partial charge on any atom is 0.351 e. The molecule has 0 amide bonds. The van der Waals surface area contributed by atoms with E-state index in [0.29, 0.717) is 17.6 Å². The van der Waals surface area contributed by atoms with E-state index in [1.165, 1.54) is 6.92 Å². The molecule has 0 aliphatic carbocycles. The van der Waals surface area contributed by atoms with Crippen molar-refractivity contribution in [1.82, 2.24) is 9.88 Å². The Balaban J connectivity index is 1.85. The van der Waals surface area contributed by atoms with Crippen molar-refractivity contribution < 1.29 is 47.6 Å². The molecule has 3 saturated heterocycles. The Morgan fingerprint density at radius 1 is 1.13 bits per heavy atom. The molecule has 1 aromatic heterocycles. The molecule has 1 aromatic rings. The van der Waals surface area contributed by atoms with Gasteiger partial charge in [0, 0.05) is 47.7 Å². The van der Waals surface area contributed by atoms with Crippen LogP contribution in [0.1, 0.15) is 80.2 Å². The number of pyridine rings is 1. The summed E-state index contributed by atoms with van der Waals surface area (Å²) in [5.41, 5.74) is -4.51. The second-order valence-electron chi connectivity index (χ2n) is 15.6. The van der Waals surface area contributed by atoms with Gasteiger partial charge in [-0.15, -0.1) is 0 Å². The van der Waals surface area contributed by atoms with Gasteiger partial charge in [0.1, 0.15) is 30.2 Å². The average molecular weight is 729 g/mol. The summed E-state index contributed by atoms with van der Waals surface area (Å²) in [6, 6.07) is 3.19. The first-order valence-corrected chi connectivity index (χ1v) is 18.3. The highest BCUT2D eigenvalue weighted by atomic mass is 19.1. The van der Waals surface area contributed by atoms with Gasteiger partial charge in [-0.1, -0.05) is 46.1 Å². The number of rotatable bonds is 6. The molecular formula is C40H57FN2O9. The van der Waals surface area contributed by atoms with E-state index in [1.54, 1.807) is 59.1 Å². The maximum absolute atomic E-state index is 16.8. The van der Waals surface area contributed by atoms with Crippen molar-refractivity contribution in [2.24, 2.45) is 23.7 Å². The van der Waals surface area contributed by atoms with E-state index in [1.807, 2.05) is 25.9 Å². The number of esters is 1. The summed E-state index contributed by atoms with van der Waals surface area (Å²) >= 11 is 0. The number of Topliss-reactive ketones (excluding diaryl/α,β-unsaturated/α-hetero) is 2. The van der Waals surface area contributed by atoms with E-state index >= 15 is 4.39 Å². The lowest BCUT2D eigenvalue weighted by atomic mass is 9.69. The number of aromatic nitrogens is 1. The first-order chi connectivity index (χ1) is 24.3. The fourth-order valence-corrected chi connectivity index (χ4v) is 8.43. The number of ketones is 2. The second-order valence-corrected chi connectivity index (χ2v) is 15.6. The van der Waals surface area contributed by atoms with Crippen LogP contribution in [-0.4, -0.2) is 113 Å². The zero-order valence-corrected chi connectivity index (χ0v) is 32.3. The highest BCUT2D eigenvalue weighted by Crippen LogP contribution is 2.47. The van der Waals surface area contributed by atoms with Gasteiger partial charge in [0.2, 0.25) is 0 Å². The topological polar surface area (TPSA) is 134 Å². The van der Waals surface area contributed by atoms with Crippen LogP contribution in [0, 0.1) is 35.5 Å². The van der Waals surface area contributed by atoms with Gasteiger partial charge in [-0.25, -0.2) is 9.18 Å². The van der Waals surface area contributed by atoms with Crippen molar-refractivity contribution in [3.8, 4) is 11.8 Å². The van der Waals surface area contributed by atoms with E-state index in [2.05, 4.69) is 23.4 Å². The number of hydrogen-bond donors (Lipinski definition) is 1. The summed E-state index contributed by atoms with van der Waals surface area (Å²) in [4.78, 5) is 48.4. The predicted octanol–water partition coefficient (Wildman–Crippen LogP) is 4.48. The quantitative estimate of drug-likeness (QED) is 0.192. The molecule has 0 aromatic carbocycles. The van der Waals surface area contributed by atoms with Crippen LogP contribution in [0.4, 0.5) is 4.39 Å². The van der Waals surface area contributed by atoms with Gasteiger partial charge in [-0.05, 0) is 78.8 Å². The van der Waals surface area contributed by atoms with E-state index in [-0.39, 0.29) is 44.0 Å². The third-order valence-electron chi connectivity index (χ3n) is 11.3. The van der Waals surface area contributed by atoms with E-state index in [0.717, 1.165) is 6.92 Å². The summed E-state index contributed by atoms with van der Waals surface area (Å²) < 4.78 is 48.0. The van der Waals surface area contributed by atoms with Crippen LogP contribution in [0.2, 0.25) is 0 Å². The van der Waals surface area contributed by atoms with Crippen molar-refractivity contribution in [1.29, 1.82) is 0 Å². The number of cyclic esters (lactones) is 1. The molecule has 4 heterocycles. The number of nitrogens with zero attached hydrogens (tertiary/aromatic N) is 2. The van der Waals surface area contributed by atoms with Crippen LogP contribution in [0.25, 0.3) is 0 Å². The maximum atomic E-state index is 16.8. The van der Waals surface area contributed by atoms with Crippen molar-refractivity contribution in [2.75, 3.05) is 27.3 Å². The van der Waals surface area contributed by atoms with E-state index in [9.17, 15) is 19.5 Å². The summed E-state index contributed by atoms with van der Waals surface area (Å²) in [5, 5.41) is 11.5. The zero-order valence-electron chi connectivity index (χ0n) is 32.3. The third-order valence-corrected chi connectivity index (χ3v) is 11.3. The molecular weight excluding hydrogens is 671 g/mol. The van der Waals surface area contributed by atoms with E-state index in [4.69, 9.17) is 23.7 Å².